The fourth-order valence-electron chi connectivity index (χ4n) is 2.98. The fourth-order valence-corrected chi connectivity index (χ4v) is 4.38. The molecule has 1 amide bonds. The van der Waals surface area contributed by atoms with Crippen LogP contribution in [0.4, 0.5) is 5.69 Å². The highest BCUT2D eigenvalue weighted by Gasteiger charge is 2.23. The molecule has 1 aromatic heterocycles. The van der Waals surface area contributed by atoms with Crippen molar-refractivity contribution in [2.45, 2.75) is 23.4 Å². The van der Waals surface area contributed by atoms with Gasteiger partial charge in [-0.3, -0.25) is 10.0 Å². The third-order valence-electron chi connectivity index (χ3n) is 4.51. The molecule has 2 aromatic carbocycles. The van der Waals surface area contributed by atoms with E-state index in [1.54, 1.807) is 54.9 Å². The van der Waals surface area contributed by atoms with Crippen molar-refractivity contribution in [3.05, 3.63) is 83.0 Å². The van der Waals surface area contributed by atoms with Crippen molar-refractivity contribution in [2.24, 2.45) is 0 Å². The molecule has 8 heteroatoms. The van der Waals surface area contributed by atoms with Gasteiger partial charge in [0.2, 0.25) is 9.84 Å². The van der Waals surface area contributed by atoms with Gasteiger partial charge in [0, 0.05) is 23.9 Å². The summed E-state index contributed by atoms with van der Waals surface area (Å²) in [4.78, 5) is 16.1. The van der Waals surface area contributed by atoms with Gasteiger partial charge in [0.15, 0.2) is 5.03 Å². The van der Waals surface area contributed by atoms with E-state index >= 15 is 0 Å². The lowest BCUT2D eigenvalue weighted by Gasteiger charge is -2.15. The summed E-state index contributed by atoms with van der Waals surface area (Å²) in [7, 11) is -3.88. The molecule has 1 heterocycles. The van der Waals surface area contributed by atoms with Crippen molar-refractivity contribution in [3.8, 4) is 12.3 Å². The van der Waals surface area contributed by atoms with E-state index in [-0.39, 0.29) is 22.0 Å². The Balaban J connectivity index is 1.96. The molecule has 7 nitrogen and oxygen atoms in total. The number of pyridine rings is 1. The number of carbonyl (C=O) groups is 1. The highest BCUT2D eigenvalue weighted by Crippen LogP contribution is 2.25. The number of amides is 1. The molecule has 0 atom stereocenters. The Labute approximate surface area is 174 Å². The average molecular weight is 421 g/mol. The van der Waals surface area contributed by atoms with E-state index in [0.717, 1.165) is 5.56 Å². The number of anilines is 1. The van der Waals surface area contributed by atoms with Gasteiger partial charge in [-0.05, 0) is 48.9 Å². The maximum atomic E-state index is 13.1. The summed E-state index contributed by atoms with van der Waals surface area (Å²) in [6.07, 6.45) is 6.74. The summed E-state index contributed by atoms with van der Waals surface area (Å²) in [5.41, 5.74) is 4.09. The number of hydrogen-bond acceptors (Lipinski definition) is 6. The molecule has 0 radical (unpaired) electrons. The number of benzene rings is 2. The number of carbonyl (C=O) groups excluding carboxylic acids is 1. The van der Waals surface area contributed by atoms with Crippen LogP contribution in [0.3, 0.4) is 0 Å². The highest BCUT2D eigenvalue weighted by atomic mass is 32.2. The SMILES string of the molecule is C#Cc1ccc(S(=O)(=O)c2ncccc2CNc2c(C)cccc2C(=O)NO)cc1. The van der Waals surface area contributed by atoms with Crippen LogP contribution in [0.15, 0.2) is 70.7 Å². The summed E-state index contributed by atoms with van der Waals surface area (Å²) in [5.74, 6) is 1.78. The van der Waals surface area contributed by atoms with Crippen LogP contribution >= 0.6 is 0 Å². The molecule has 152 valence electrons. The number of aromatic nitrogens is 1. The van der Waals surface area contributed by atoms with E-state index in [9.17, 15) is 13.2 Å². The average Bonchev–Trinajstić information content (AvgIpc) is 2.77. The third-order valence-corrected chi connectivity index (χ3v) is 6.28. The molecule has 30 heavy (non-hydrogen) atoms. The molecule has 0 aliphatic carbocycles. The Morgan fingerprint density at radius 2 is 1.87 bits per heavy atom. The monoisotopic (exact) mass is 421 g/mol. The third kappa shape index (κ3) is 4.17. The van der Waals surface area contributed by atoms with Crippen LogP contribution in [0, 0.1) is 19.3 Å². The molecule has 3 aromatic rings. The zero-order valence-electron chi connectivity index (χ0n) is 16.1. The van der Waals surface area contributed by atoms with Crippen LogP contribution in [-0.2, 0) is 16.4 Å². The van der Waals surface area contributed by atoms with E-state index in [2.05, 4.69) is 16.2 Å². The molecule has 0 aliphatic rings. The summed E-state index contributed by atoms with van der Waals surface area (Å²) in [6.45, 7) is 1.89. The Bertz CT molecular complexity index is 1230. The number of hydrogen-bond donors (Lipinski definition) is 3. The van der Waals surface area contributed by atoms with Gasteiger partial charge in [-0.15, -0.1) is 6.42 Å². The lowest BCUT2D eigenvalue weighted by molar-refractivity contribution is 0.0707. The predicted octanol–water partition coefficient (Wildman–Crippen LogP) is 2.94. The predicted molar refractivity (Wildman–Crippen MR) is 112 cm³/mol. The van der Waals surface area contributed by atoms with Gasteiger partial charge >= 0.3 is 0 Å². The maximum absolute atomic E-state index is 13.1. The maximum Gasteiger partial charge on any atom is 0.276 e. The number of aryl methyl sites for hydroxylation is 1. The zero-order chi connectivity index (χ0) is 21.7. The Morgan fingerprint density at radius 1 is 1.13 bits per heavy atom. The van der Waals surface area contributed by atoms with Crippen LogP contribution in [0.1, 0.15) is 27.0 Å². The van der Waals surface area contributed by atoms with Crippen molar-refractivity contribution in [1.29, 1.82) is 0 Å². The molecular formula is C22H19N3O4S. The van der Waals surface area contributed by atoms with Crippen molar-refractivity contribution < 1.29 is 18.4 Å². The minimum Gasteiger partial charge on any atom is -0.380 e. The van der Waals surface area contributed by atoms with E-state index in [1.807, 2.05) is 0 Å². The zero-order valence-corrected chi connectivity index (χ0v) is 16.9. The Hall–Kier alpha value is -3.67. The number of para-hydroxylation sites is 1. The molecule has 0 saturated heterocycles. The number of sulfone groups is 1. The molecule has 0 unspecified atom stereocenters. The summed E-state index contributed by atoms with van der Waals surface area (Å²) < 4.78 is 26.2. The second kappa shape index (κ2) is 8.78. The lowest BCUT2D eigenvalue weighted by atomic mass is 10.1. The van der Waals surface area contributed by atoms with Gasteiger partial charge in [-0.1, -0.05) is 24.1 Å². The molecule has 3 rings (SSSR count). The molecule has 0 spiro atoms. The topological polar surface area (TPSA) is 108 Å². The first-order chi connectivity index (χ1) is 14.4. The Kier molecular flexibility index (Phi) is 6.16. The van der Waals surface area contributed by atoms with Crippen molar-refractivity contribution in [1.82, 2.24) is 10.5 Å². The van der Waals surface area contributed by atoms with E-state index < -0.39 is 15.7 Å². The summed E-state index contributed by atoms with van der Waals surface area (Å²) in [6, 6.07) is 14.3. The summed E-state index contributed by atoms with van der Waals surface area (Å²) >= 11 is 0. The van der Waals surface area contributed by atoms with Gasteiger partial charge in [0.1, 0.15) is 0 Å². The smallest absolute Gasteiger partial charge is 0.276 e. The van der Waals surface area contributed by atoms with Crippen LogP contribution in [0.25, 0.3) is 0 Å². The second-order valence-electron chi connectivity index (χ2n) is 6.43. The Morgan fingerprint density at radius 3 is 2.53 bits per heavy atom. The standard InChI is InChI=1S/C22H19N3O4S/c1-3-16-9-11-18(12-10-16)30(28,29)22-17(7-5-13-23-22)14-24-20-15(2)6-4-8-19(20)21(26)25-27/h1,4-13,24,27H,14H2,2H3,(H,25,26). The normalized spacial score (nSPS) is 10.8. The molecule has 0 saturated carbocycles. The van der Waals surface area contributed by atoms with Crippen LogP contribution < -0.4 is 10.8 Å². The number of nitrogens with zero attached hydrogens (tertiary/aromatic N) is 1. The van der Waals surface area contributed by atoms with Crippen LogP contribution in [-0.4, -0.2) is 24.5 Å². The molecule has 0 bridgehead atoms. The van der Waals surface area contributed by atoms with E-state index in [4.69, 9.17) is 11.6 Å². The van der Waals surface area contributed by atoms with Gasteiger partial charge in [-0.2, -0.15) is 0 Å². The molecular weight excluding hydrogens is 402 g/mol. The van der Waals surface area contributed by atoms with Crippen molar-refractivity contribution >= 4 is 21.4 Å². The number of hydroxylamine groups is 1. The molecule has 0 aliphatic heterocycles. The van der Waals surface area contributed by atoms with E-state index in [0.29, 0.717) is 16.8 Å². The van der Waals surface area contributed by atoms with E-state index in [1.165, 1.54) is 18.3 Å². The quantitative estimate of drug-likeness (QED) is 0.321. The van der Waals surface area contributed by atoms with Crippen LogP contribution in [0.2, 0.25) is 0 Å². The minimum atomic E-state index is -3.88. The lowest BCUT2D eigenvalue weighted by Crippen LogP contribution is -2.21. The first-order valence-electron chi connectivity index (χ1n) is 8.92. The van der Waals surface area contributed by atoms with Gasteiger partial charge in [0.25, 0.3) is 5.91 Å². The van der Waals surface area contributed by atoms with Crippen molar-refractivity contribution in [2.75, 3.05) is 5.32 Å². The number of nitrogens with one attached hydrogen (secondary N) is 2. The molecule has 3 N–H and O–H groups in total. The number of terminal acetylenes is 1. The fraction of sp³-hybridized carbons (Fsp3) is 0.0909. The molecule has 0 fully saturated rings. The highest BCUT2D eigenvalue weighted by molar-refractivity contribution is 7.91. The van der Waals surface area contributed by atoms with Gasteiger partial charge in [-0.25, -0.2) is 18.9 Å². The number of rotatable bonds is 6. The van der Waals surface area contributed by atoms with Crippen LogP contribution in [0.5, 0.6) is 0 Å². The largest absolute Gasteiger partial charge is 0.380 e. The van der Waals surface area contributed by atoms with Crippen molar-refractivity contribution in [3.63, 3.8) is 0 Å². The van der Waals surface area contributed by atoms with Gasteiger partial charge < -0.3 is 5.32 Å². The van der Waals surface area contributed by atoms with Gasteiger partial charge in [0.05, 0.1) is 16.1 Å². The summed E-state index contributed by atoms with van der Waals surface area (Å²) in [5, 5.41) is 12.0. The first-order valence-corrected chi connectivity index (χ1v) is 10.4. The second-order valence-corrected chi connectivity index (χ2v) is 8.30. The minimum absolute atomic E-state index is 0.0812. The first kappa shape index (κ1) is 21.0.